The van der Waals surface area contributed by atoms with Crippen LogP contribution in [0.5, 0.6) is 5.75 Å². The third-order valence-corrected chi connectivity index (χ3v) is 5.80. The summed E-state index contributed by atoms with van der Waals surface area (Å²) in [6.07, 6.45) is 3.29. The maximum absolute atomic E-state index is 13.2. The molecule has 1 amide bonds. The zero-order chi connectivity index (χ0) is 23.0. The van der Waals surface area contributed by atoms with Crippen LogP contribution in [0.15, 0.2) is 54.4 Å². The fraction of sp³-hybridized carbons (Fsp3) is 0.250. The number of rotatable bonds is 5. The highest BCUT2D eigenvalue weighted by Gasteiger charge is 2.47. The number of aryl methyl sites for hydroxylation is 2. The Morgan fingerprint density at radius 3 is 2.53 bits per heavy atom. The van der Waals surface area contributed by atoms with Crippen LogP contribution in [0.3, 0.4) is 0 Å². The van der Waals surface area contributed by atoms with Crippen molar-refractivity contribution in [1.29, 1.82) is 0 Å². The van der Waals surface area contributed by atoms with Gasteiger partial charge in [0.05, 0.1) is 30.0 Å². The smallest absolute Gasteiger partial charge is 0.295 e. The molecule has 1 atom stereocenters. The van der Waals surface area contributed by atoms with Crippen molar-refractivity contribution >= 4 is 17.4 Å². The fourth-order valence-corrected chi connectivity index (χ4v) is 4.20. The number of aliphatic hydroxyl groups is 1. The second-order valence-corrected chi connectivity index (χ2v) is 7.70. The number of hydrogen-bond donors (Lipinski definition) is 1. The Balaban J connectivity index is 1.95. The van der Waals surface area contributed by atoms with E-state index in [1.165, 1.54) is 12.0 Å². The summed E-state index contributed by atoms with van der Waals surface area (Å²) >= 11 is 0. The zero-order valence-corrected chi connectivity index (χ0v) is 18.4. The van der Waals surface area contributed by atoms with E-state index in [0.29, 0.717) is 28.3 Å². The summed E-state index contributed by atoms with van der Waals surface area (Å²) in [5, 5.41) is 15.7. The van der Waals surface area contributed by atoms with E-state index >= 15 is 0 Å². The first kappa shape index (κ1) is 21.3. The van der Waals surface area contributed by atoms with Crippen LogP contribution < -0.4 is 4.74 Å². The summed E-state index contributed by atoms with van der Waals surface area (Å²) < 4.78 is 7.16. The molecule has 0 aliphatic carbocycles. The van der Waals surface area contributed by atoms with Crippen molar-refractivity contribution < 1.29 is 19.4 Å². The van der Waals surface area contributed by atoms with E-state index in [9.17, 15) is 14.7 Å². The van der Waals surface area contributed by atoms with Crippen molar-refractivity contribution in [2.75, 3.05) is 7.11 Å². The van der Waals surface area contributed by atoms with Crippen LogP contribution in [0.1, 0.15) is 34.1 Å². The van der Waals surface area contributed by atoms with Crippen LogP contribution in [0.2, 0.25) is 0 Å². The van der Waals surface area contributed by atoms with E-state index in [1.807, 2.05) is 18.2 Å². The maximum Gasteiger partial charge on any atom is 0.295 e. The molecular weight excluding hydrogens is 408 g/mol. The van der Waals surface area contributed by atoms with Crippen LogP contribution in [-0.4, -0.2) is 43.6 Å². The average molecular weight is 432 g/mol. The lowest BCUT2D eigenvalue weighted by molar-refractivity contribution is -0.140. The molecule has 0 spiro atoms. The van der Waals surface area contributed by atoms with Gasteiger partial charge in [0.2, 0.25) is 0 Å². The van der Waals surface area contributed by atoms with Gasteiger partial charge < -0.3 is 14.7 Å². The van der Waals surface area contributed by atoms with E-state index in [2.05, 4.69) is 10.1 Å². The molecule has 3 heterocycles. The van der Waals surface area contributed by atoms with Crippen molar-refractivity contribution in [2.45, 2.75) is 26.4 Å². The Hall–Kier alpha value is -3.94. The van der Waals surface area contributed by atoms with E-state index in [-0.39, 0.29) is 17.9 Å². The molecule has 1 saturated heterocycles. The van der Waals surface area contributed by atoms with E-state index in [4.69, 9.17) is 4.74 Å². The first-order valence-corrected chi connectivity index (χ1v) is 10.2. The van der Waals surface area contributed by atoms with Gasteiger partial charge >= 0.3 is 0 Å². The monoisotopic (exact) mass is 432 g/mol. The molecule has 1 aliphatic heterocycles. The van der Waals surface area contributed by atoms with Gasteiger partial charge in [-0.05, 0) is 31.5 Å². The Bertz CT molecular complexity index is 1230. The molecule has 0 radical (unpaired) electrons. The summed E-state index contributed by atoms with van der Waals surface area (Å²) in [5.74, 6) is -1.16. The lowest BCUT2D eigenvalue weighted by atomic mass is 9.94. The van der Waals surface area contributed by atoms with Gasteiger partial charge in [-0.1, -0.05) is 24.3 Å². The Kier molecular flexibility index (Phi) is 5.52. The quantitative estimate of drug-likeness (QED) is 0.378. The molecule has 32 heavy (non-hydrogen) atoms. The predicted octanol–water partition coefficient (Wildman–Crippen LogP) is 3.06. The van der Waals surface area contributed by atoms with Gasteiger partial charge in [-0.2, -0.15) is 5.10 Å². The lowest BCUT2D eigenvalue weighted by Crippen LogP contribution is -2.29. The molecule has 8 heteroatoms. The predicted molar refractivity (Wildman–Crippen MR) is 118 cm³/mol. The van der Waals surface area contributed by atoms with Crippen molar-refractivity contribution in [3.8, 4) is 5.75 Å². The van der Waals surface area contributed by atoms with Gasteiger partial charge in [-0.25, -0.2) is 0 Å². The van der Waals surface area contributed by atoms with Gasteiger partial charge in [-0.15, -0.1) is 0 Å². The first-order chi connectivity index (χ1) is 15.3. The number of carbonyl (C=O) groups is 2. The maximum atomic E-state index is 13.2. The van der Waals surface area contributed by atoms with E-state index < -0.39 is 17.7 Å². The van der Waals surface area contributed by atoms with Gasteiger partial charge in [0.1, 0.15) is 11.5 Å². The molecule has 1 fully saturated rings. The standard InChI is InChI=1S/C24H24N4O4/c1-14-19(15(2)27(3)26-14)22(29)20-21(17-9-5-6-10-18(17)32-4)28(24(31)23(20)30)13-16-8-7-11-25-12-16/h5-12,21,29H,13H2,1-4H3/t21-/m1/s1. The number of methoxy groups -OCH3 is 1. The molecular formula is C24H24N4O4. The van der Waals surface area contributed by atoms with Crippen LogP contribution in [0, 0.1) is 13.8 Å². The summed E-state index contributed by atoms with van der Waals surface area (Å²) in [5.41, 5.74) is 3.10. The number of aliphatic hydroxyl groups excluding tert-OH is 1. The number of carbonyl (C=O) groups excluding carboxylic acids is 2. The number of pyridine rings is 1. The van der Waals surface area contributed by atoms with Gasteiger partial charge in [0.25, 0.3) is 11.7 Å². The first-order valence-electron chi connectivity index (χ1n) is 10.2. The number of Topliss-reactive ketones (excluding diaryl/α,β-unsaturated/α-hetero) is 1. The molecule has 3 aromatic rings. The molecule has 1 N–H and O–H groups in total. The van der Waals surface area contributed by atoms with Gasteiger partial charge in [0, 0.05) is 37.2 Å². The second kappa shape index (κ2) is 8.30. The van der Waals surface area contributed by atoms with Crippen molar-refractivity contribution in [3.05, 3.63) is 82.4 Å². The molecule has 0 saturated carbocycles. The Morgan fingerprint density at radius 2 is 1.91 bits per heavy atom. The number of likely N-dealkylation sites (tertiary alicyclic amines) is 1. The number of ether oxygens (including phenoxy) is 1. The summed E-state index contributed by atoms with van der Waals surface area (Å²) in [6, 6.07) is 9.95. The third-order valence-electron chi connectivity index (χ3n) is 5.80. The number of amides is 1. The summed E-state index contributed by atoms with van der Waals surface area (Å²) in [6.45, 7) is 3.72. The molecule has 8 nitrogen and oxygen atoms in total. The van der Waals surface area contributed by atoms with E-state index in [1.54, 1.807) is 56.2 Å². The molecule has 4 rings (SSSR count). The SMILES string of the molecule is COc1ccccc1[C@@H]1C(=C(O)c2c(C)nn(C)c2C)C(=O)C(=O)N1Cc1cccnc1. The molecule has 0 unspecified atom stereocenters. The van der Waals surface area contributed by atoms with Gasteiger partial charge in [0.15, 0.2) is 0 Å². The third kappa shape index (κ3) is 3.43. The molecule has 2 aromatic heterocycles. The fourth-order valence-electron chi connectivity index (χ4n) is 4.20. The highest BCUT2D eigenvalue weighted by atomic mass is 16.5. The number of ketones is 1. The molecule has 0 bridgehead atoms. The lowest BCUT2D eigenvalue weighted by Gasteiger charge is -2.26. The Labute approximate surface area is 185 Å². The molecule has 164 valence electrons. The number of aromatic nitrogens is 3. The van der Waals surface area contributed by atoms with Crippen LogP contribution in [0.4, 0.5) is 0 Å². The normalized spacial score (nSPS) is 17.8. The van der Waals surface area contributed by atoms with Crippen molar-refractivity contribution in [3.63, 3.8) is 0 Å². The number of hydrogen-bond acceptors (Lipinski definition) is 6. The number of para-hydroxylation sites is 1. The minimum atomic E-state index is -0.828. The summed E-state index contributed by atoms with van der Waals surface area (Å²) in [7, 11) is 3.29. The van der Waals surface area contributed by atoms with Crippen LogP contribution >= 0.6 is 0 Å². The molecule has 1 aliphatic rings. The van der Waals surface area contributed by atoms with Crippen molar-refractivity contribution in [2.24, 2.45) is 7.05 Å². The largest absolute Gasteiger partial charge is 0.507 e. The minimum Gasteiger partial charge on any atom is -0.507 e. The highest BCUT2D eigenvalue weighted by Crippen LogP contribution is 2.43. The van der Waals surface area contributed by atoms with Crippen LogP contribution in [0.25, 0.3) is 5.76 Å². The van der Waals surface area contributed by atoms with Gasteiger partial charge in [-0.3, -0.25) is 19.3 Å². The zero-order valence-electron chi connectivity index (χ0n) is 18.4. The molecule has 1 aromatic carbocycles. The topological polar surface area (TPSA) is 97.5 Å². The summed E-state index contributed by atoms with van der Waals surface area (Å²) in [4.78, 5) is 32.0. The van der Waals surface area contributed by atoms with Crippen molar-refractivity contribution in [1.82, 2.24) is 19.7 Å². The minimum absolute atomic E-state index is 0.0163. The average Bonchev–Trinajstić information content (AvgIpc) is 3.20. The Morgan fingerprint density at radius 1 is 1.16 bits per heavy atom. The highest BCUT2D eigenvalue weighted by molar-refractivity contribution is 6.46. The van der Waals surface area contributed by atoms with E-state index in [0.717, 1.165) is 5.56 Å². The number of nitrogens with zero attached hydrogens (tertiary/aromatic N) is 4. The number of benzene rings is 1. The van der Waals surface area contributed by atoms with Crippen LogP contribution in [-0.2, 0) is 23.2 Å². The second-order valence-electron chi connectivity index (χ2n) is 7.70.